The van der Waals surface area contributed by atoms with Crippen molar-refractivity contribution in [2.45, 2.75) is 18.9 Å². The van der Waals surface area contributed by atoms with Gasteiger partial charge in [-0.2, -0.15) is 0 Å². The molecule has 1 aromatic rings. The fraction of sp³-hybridized carbons (Fsp3) is 0.417. The lowest BCUT2D eigenvalue weighted by atomic mass is 9.99. The molecule has 0 aliphatic rings. The summed E-state index contributed by atoms with van der Waals surface area (Å²) in [6.45, 7) is 1.49. The molecule has 0 bridgehead atoms. The van der Waals surface area contributed by atoms with Crippen LogP contribution in [0.3, 0.4) is 0 Å². The van der Waals surface area contributed by atoms with Crippen molar-refractivity contribution in [3.63, 3.8) is 0 Å². The van der Waals surface area contributed by atoms with Gasteiger partial charge >= 0.3 is 5.69 Å². The minimum absolute atomic E-state index is 0.0178. The van der Waals surface area contributed by atoms with Gasteiger partial charge in [-0.1, -0.05) is 0 Å². The van der Waals surface area contributed by atoms with Crippen LogP contribution in [0, 0.1) is 10.1 Å². The SMILES string of the molecule is COc1ccc([N+](=O)[O-])c(OCCC(C)(N)C(N)=O)c1. The number of nitrogens with zero attached hydrogens (tertiary/aromatic N) is 1. The number of nitro groups is 1. The number of amides is 1. The maximum absolute atomic E-state index is 11.1. The second kappa shape index (κ2) is 6.20. The smallest absolute Gasteiger partial charge is 0.311 e. The van der Waals surface area contributed by atoms with Crippen molar-refractivity contribution >= 4 is 11.6 Å². The molecule has 20 heavy (non-hydrogen) atoms. The van der Waals surface area contributed by atoms with Crippen molar-refractivity contribution in [2.75, 3.05) is 13.7 Å². The molecule has 8 nitrogen and oxygen atoms in total. The third-order valence-corrected chi connectivity index (χ3v) is 2.81. The van der Waals surface area contributed by atoms with Gasteiger partial charge in [-0.3, -0.25) is 14.9 Å². The molecular formula is C12H17N3O5. The first-order chi connectivity index (χ1) is 9.27. The van der Waals surface area contributed by atoms with Crippen molar-refractivity contribution in [3.05, 3.63) is 28.3 Å². The molecule has 1 amide bonds. The number of carbonyl (C=O) groups excluding carboxylic acids is 1. The maximum atomic E-state index is 11.1. The molecule has 0 saturated heterocycles. The Morgan fingerprint density at radius 2 is 2.15 bits per heavy atom. The zero-order valence-corrected chi connectivity index (χ0v) is 11.3. The van der Waals surface area contributed by atoms with Crippen LogP contribution in [0.4, 0.5) is 5.69 Å². The highest BCUT2D eigenvalue weighted by Gasteiger charge is 2.26. The lowest BCUT2D eigenvalue weighted by Crippen LogP contribution is -2.50. The Bertz CT molecular complexity index is 516. The first-order valence-electron chi connectivity index (χ1n) is 5.82. The van der Waals surface area contributed by atoms with Gasteiger partial charge in [0, 0.05) is 18.6 Å². The van der Waals surface area contributed by atoms with Crippen molar-refractivity contribution in [3.8, 4) is 11.5 Å². The van der Waals surface area contributed by atoms with Crippen LogP contribution in [0.2, 0.25) is 0 Å². The first kappa shape index (κ1) is 15.7. The second-order valence-electron chi connectivity index (χ2n) is 4.47. The third kappa shape index (κ3) is 3.82. The van der Waals surface area contributed by atoms with E-state index in [1.165, 1.54) is 32.2 Å². The summed E-state index contributed by atoms with van der Waals surface area (Å²) in [5, 5.41) is 10.9. The fourth-order valence-corrected chi connectivity index (χ4v) is 1.38. The van der Waals surface area contributed by atoms with Crippen LogP contribution >= 0.6 is 0 Å². The summed E-state index contributed by atoms with van der Waals surface area (Å²) in [4.78, 5) is 21.4. The summed E-state index contributed by atoms with van der Waals surface area (Å²) in [6, 6.07) is 4.14. The molecule has 1 unspecified atom stereocenters. The van der Waals surface area contributed by atoms with Crippen LogP contribution in [0.5, 0.6) is 11.5 Å². The van der Waals surface area contributed by atoms with E-state index in [4.69, 9.17) is 20.9 Å². The molecule has 1 aromatic carbocycles. The predicted molar refractivity (Wildman–Crippen MR) is 71.5 cm³/mol. The normalized spacial score (nSPS) is 13.3. The summed E-state index contributed by atoms with van der Waals surface area (Å²) in [6.07, 6.45) is 0.136. The number of methoxy groups -OCH3 is 1. The molecule has 0 aliphatic heterocycles. The van der Waals surface area contributed by atoms with Crippen molar-refractivity contribution in [1.82, 2.24) is 0 Å². The molecule has 110 valence electrons. The standard InChI is InChI=1S/C12H17N3O5/c1-12(14,11(13)16)5-6-20-10-7-8(19-2)3-4-9(10)15(17)18/h3-4,7H,5-6,14H2,1-2H3,(H2,13,16). The summed E-state index contributed by atoms with van der Waals surface area (Å²) in [5.41, 5.74) is 9.37. The van der Waals surface area contributed by atoms with E-state index >= 15 is 0 Å². The van der Waals surface area contributed by atoms with Gasteiger partial charge in [0.1, 0.15) is 5.75 Å². The molecule has 1 atom stereocenters. The van der Waals surface area contributed by atoms with E-state index in [2.05, 4.69) is 0 Å². The predicted octanol–water partition coefficient (Wildman–Crippen LogP) is 0.575. The van der Waals surface area contributed by atoms with Crippen molar-refractivity contribution < 1.29 is 19.2 Å². The molecule has 0 heterocycles. The maximum Gasteiger partial charge on any atom is 0.311 e. The van der Waals surface area contributed by atoms with E-state index in [0.29, 0.717) is 5.75 Å². The van der Waals surface area contributed by atoms with Gasteiger partial charge in [0.25, 0.3) is 0 Å². The number of ether oxygens (including phenoxy) is 2. The molecule has 4 N–H and O–H groups in total. The molecule has 0 fully saturated rings. The van der Waals surface area contributed by atoms with E-state index < -0.39 is 16.4 Å². The van der Waals surface area contributed by atoms with Gasteiger partial charge in [-0.15, -0.1) is 0 Å². The Balaban J connectivity index is 2.81. The van der Waals surface area contributed by atoms with Crippen LogP contribution < -0.4 is 20.9 Å². The Hall–Kier alpha value is -2.35. The Kier molecular flexibility index (Phi) is 4.87. The molecule has 1 rings (SSSR count). The minimum atomic E-state index is -1.23. The highest BCUT2D eigenvalue weighted by Crippen LogP contribution is 2.31. The molecule has 0 spiro atoms. The van der Waals surface area contributed by atoms with E-state index in [-0.39, 0.29) is 24.5 Å². The second-order valence-corrected chi connectivity index (χ2v) is 4.47. The number of nitro benzene ring substituents is 1. The van der Waals surface area contributed by atoms with Crippen LogP contribution in [0.15, 0.2) is 18.2 Å². The molecule has 0 radical (unpaired) electrons. The number of nitrogens with two attached hydrogens (primary N) is 2. The van der Waals surface area contributed by atoms with Crippen LogP contribution in [0.25, 0.3) is 0 Å². The van der Waals surface area contributed by atoms with Crippen LogP contribution in [-0.4, -0.2) is 30.1 Å². The lowest BCUT2D eigenvalue weighted by molar-refractivity contribution is -0.385. The van der Waals surface area contributed by atoms with Crippen molar-refractivity contribution in [1.29, 1.82) is 0 Å². The van der Waals surface area contributed by atoms with E-state index in [1.54, 1.807) is 0 Å². The zero-order chi connectivity index (χ0) is 15.3. The molecular weight excluding hydrogens is 266 g/mol. The van der Waals surface area contributed by atoms with E-state index in [1.807, 2.05) is 0 Å². The summed E-state index contributed by atoms with van der Waals surface area (Å²) < 4.78 is 10.3. The summed E-state index contributed by atoms with van der Waals surface area (Å²) in [7, 11) is 1.44. The van der Waals surface area contributed by atoms with Gasteiger partial charge in [-0.05, 0) is 13.0 Å². The number of hydrogen-bond acceptors (Lipinski definition) is 6. The first-order valence-corrected chi connectivity index (χ1v) is 5.82. The summed E-state index contributed by atoms with van der Waals surface area (Å²) >= 11 is 0. The van der Waals surface area contributed by atoms with E-state index in [0.717, 1.165) is 0 Å². The molecule has 0 saturated carbocycles. The monoisotopic (exact) mass is 283 g/mol. The number of primary amides is 1. The van der Waals surface area contributed by atoms with E-state index in [9.17, 15) is 14.9 Å². The quantitative estimate of drug-likeness (QED) is 0.555. The Labute approximate surface area is 115 Å². The largest absolute Gasteiger partial charge is 0.497 e. The average molecular weight is 283 g/mol. The highest BCUT2D eigenvalue weighted by molar-refractivity contribution is 5.83. The van der Waals surface area contributed by atoms with Gasteiger partial charge in [0.15, 0.2) is 0 Å². The topological polar surface area (TPSA) is 131 Å². The third-order valence-electron chi connectivity index (χ3n) is 2.81. The number of rotatable bonds is 7. The highest BCUT2D eigenvalue weighted by atomic mass is 16.6. The molecule has 0 aliphatic carbocycles. The number of benzene rings is 1. The van der Waals surface area contributed by atoms with Gasteiger partial charge in [-0.25, -0.2) is 0 Å². The number of hydrogen-bond donors (Lipinski definition) is 2. The van der Waals surface area contributed by atoms with Gasteiger partial charge in [0.05, 0.1) is 24.2 Å². The Morgan fingerprint density at radius 1 is 1.50 bits per heavy atom. The van der Waals surface area contributed by atoms with Crippen molar-refractivity contribution in [2.24, 2.45) is 11.5 Å². The van der Waals surface area contributed by atoms with Crippen LogP contribution in [0.1, 0.15) is 13.3 Å². The molecule has 0 aromatic heterocycles. The Morgan fingerprint density at radius 3 is 2.65 bits per heavy atom. The van der Waals surface area contributed by atoms with Gasteiger partial charge < -0.3 is 20.9 Å². The zero-order valence-electron chi connectivity index (χ0n) is 11.3. The van der Waals surface area contributed by atoms with Gasteiger partial charge in [0.2, 0.25) is 11.7 Å². The minimum Gasteiger partial charge on any atom is -0.497 e. The van der Waals surface area contributed by atoms with Crippen LogP contribution in [-0.2, 0) is 4.79 Å². The fourth-order valence-electron chi connectivity index (χ4n) is 1.38. The number of carbonyl (C=O) groups is 1. The molecule has 8 heteroatoms. The lowest BCUT2D eigenvalue weighted by Gasteiger charge is -2.20. The average Bonchev–Trinajstić information content (AvgIpc) is 2.37. The summed E-state index contributed by atoms with van der Waals surface area (Å²) in [5.74, 6) is -0.188.